The van der Waals surface area contributed by atoms with E-state index in [0.717, 1.165) is 35.3 Å². The van der Waals surface area contributed by atoms with Crippen molar-refractivity contribution >= 4 is 28.3 Å². The van der Waals surface area contributed by atoms with Crippen molar-refractivity contribution < 1.29 is 9.53 Å². The second-order valence-electron chi connectivity index (χ2n) is 7.24. The minimum atomic E-state index is -0.118. The summed E-state index contributed by atoms with van der Waals surface area (Å²) in [7, 11) is 4.02. The number of ether oxygens (including phenoxy) is 1. The van der Waals surface area contributed by atoms with E-state index in [4.69, 9.17) is 22.1 Å². The number of hydrogen-bond donors (Lipinski definition) is 2. The summed E-state index contributed by atoms with van der Waals surface area (Å²) in [5.41, 5.74) is 8.30. The quantitative estimate of drug-likeness (QED) is 0.574. The molecule has 6 heteroatoms. The number of fused-ring (bicyclic) bond motifs is 1. The summed E-state index contributed by atoms with van der Waals surface area (Å²) in [6.45, 7) is 1.48. The van der Waals surface area contributed by atoms with Crippen LogP contribution < -0.4 is 10.5 Å². The van der Waals surface area contributed by atoms with E-state index in [2.05, 4.69) is 9.88 Å². The van der Waals surface area contributed by atoms with Crippen molar-refractivity contribution in [1.29, 1.82) is 0 Å². The minimum Gasteiger partial charge on any atom is -0.492 e. The molecule has 0 fully saturated rings. The van der Waals surface area contributed by atoms with Crippen molar-refractivity contribution in [3.63, 3.8) is 0 Å². The lowest BCUT2D eigenvalue weighted by molar-refractivity contribution is 0.0896. The Morgan fingerprint density at radius 1 is 1.38 bits per heavy atom. The van der Waals surface area contributed by atoms with Crippen LogP contribution in [0.25, 0.3) is 10.9 Å². The molecular weight excluding hydrogens is 350 g/mol. The van der Waals surface area contributed by atoms with Crippen molar-refractivity contribution in [3.05, 3.63) is 41.7 Å². The Morgan fingerprint density at radius 3 is 2.92 bits per heavy atom. The van der Waals surface area contributed by atoms with Gasteiger partial charge in [-0.05, 0) is 57.1 Å². The molecule has 3 rings (SSSR count). The van der Waals surface area contributed by atoms with Crippen LogP contribution in [0.3, 0.4) is 0 Å². The molecule has 3 N–H and O–H groups in total. The van der Waals surface area contributed by atoms with E-state index in [-0.39, 0.29) is 17.6 Å². The maximum atomic E-state index is 12.9. The van der Waals surface area contributed by atoms with Crippen LogP contribution in [0, 0.1) is 11.8 Å². The number of likely N-dealkylation sites (N-methyl/N-ethyl adjacent to an activating group) is 1. The van der Waals surface area contributed by atoms with Crippen LogP contribution in [0.1, 0.15) is 23.3 Å². The normalized spacial score (nSPS) is 20.4. The average molecular weight is 376 g/mol. The third kappa shape index (κ3) is 4.40. The van der Waals surface area contributed by atoms with Gasteiger partial charge in [0.05, 0.1) is 5.69 Å². The van der Waals surface area contributed by atoms with Crippen molar-refractivity contribution in [2.24, 2.45) is 17.6 Å². The molecular formula is C20H26ClN3O2. The molecule has 0 spiro atoms. The molecule has 1 aliphatic rings. The highest BCUT2D eigenvalue weighted by atomic mass is 35.5. The molecule has 5 nitrogen and oxygen atoms in total. The highest BCUT2D eigenvalue weighted by Crippen LogP contribution is 2.31. The fourth-order valence-corrected chi connectivity index (χ4v) is 3.59. The van der Waals surface area contributed by atoms with Crippen molar-refractivity contribution in [2.75, 3.05) is 33.1 Å². The van der Waals surface area contributed by atoms with Gasteiger partial charge < -0.3 is 20.4 Å². The highest BCUT2D eigenvalue weighted by molar-refractivity contribution is 6.18. The summed E-state index contributed by atoms with van der Waals surface area (Å²) >= 11 is 5.97. The van der Waals surface area contributed by atoms with Crippen LogP contribution in [0.15, 0.2) is 36.0 Å². The third-order valence-electron chi connectivity index (χ3n) is 4.75. The molecule has 0 radical (unpaired) electrons. The van der Waals surface area contributed by atoms with Crippen LogP contribution in [-0.2, 0) is 0 Å². The first-order valence-electron chi connectivity index (χ1n) is 8.93. The van der Waals surface area contributed by atoms with Crippen LogP contribution in [0.2, 0.25) is 0 Å². The Bertz CT molecular complexity index is 812. The zero-order valence-corrected chi connectivity index (χ0v) is 16.1. The van der Waals surface area contributed by atoms with Gasteiger partial charge in [-0.25, -0.2) is 0 Å². The SMILES string of the molecule is CN(C)CCOc1ccc2[nH]c(C(=O)C3CC(N)=CC(CCl)C3)cc2c1. The summed E-state index contributed by atoms with van der Waals surface area (Å²) in [5.74, 6) is 1.45. The number of nitrogens with one attached hydrogen (secondary N) is 1. The Kier molecular flexibility index (Phi) is 5.89. The second kappa shape index (κ2) is 8.14. The van der Waals surface area contributed by atoms with Gasteiger partial charge >= 0.3 is 0 Å². The zero-order valence-electron chi connectivity index (χ0n) is 15.3. The van der Waals surface area contributed by atoms with Gasteiger partial charge in [-0.1, -0.05) is 6.08 Å². The predicted octanol–water partition coefficient (Wildman–Crippen LogP) is 3.40. The standard InChI is InChI=1S/C20H26ClN3O2/c1-24(2)5-6-26-17-3-4-18-14(10-17)11-19(23-18)20(25)15-7-13(12-21)8-16(22)9-15/h3-4,8,10-11,13,15,23H,5-7,9,12,22H2,1-2H3. The van der Waals surface area contributed by atoms with E-state index < -0.39 is 0 Å². The van der Waals surface area contributed by atoms with Crippen LogP contribution in [-0.4, -0.2) is 48.8 Å². The van der Waals surface area contributed by atoms with Gasteiger partial charge in [0.2, 0.25) is 0 Å². The molecule has 1 aromatic heterocycles. The summed E-state index contributed by atoms with van der Waals surface area (Å²) in [4.78, 5) is 18.2. The molecule has 1 heterocycles. The lowest BCUT2D eigenvalue weighted by atomic mass is 9.82. The van der Waals surface area contributed by atoms with Crippen molar-refractivity contribution in [3.8, 4) is 5.75 Å². The molecule has 0 amide bonds. The number of H-pyrrole nitrogens is 1. The number of alkyl halides is 1. The topological polar surface area (TPSA) is 71.3 Å². The summed E-state index contributed by atoms with van der Waals surface area (Å²) in [5, 5.41) is 0.976. The number of aromatic amines is 1. The number of nitrogens with zero attached hydrogens (tertiary/aromatic N) is 1. The molecule has 0 saturated heterocycles. The fraction of sp³-hybridized carbons (Fsp3) is 0.450. The lowest BCUT2D eigenvalue weighted by Gasteiger charge is -2.24. The van der Waals surface area contributed by atoms with Gasteiger partial charge in [0.25, 0.3) is 0 Å². The number of carbonyl (C=O) groups is 1. The number of rotatable bonds is 7. The van der Waals surface area contributed by atoms with Gasteiger partial charge in [-0.15, -0.1) is 11.6 Å². The number of hydrogen-bond acceptors (Lipinski definition) is 4. The van der Waals surface area contributed by atoms with Crippen LogP contribution in [0.5, 0.6) is 5.75 Å². The van der Waals surface area contributed by atoms with E-state index in [0.29, 0.717) is 24.6 Å². The maximum absolute atomic E-state index is 12.9. The number of carbonyl (C=O) groups excluding carboxylic acids is 1. The summed E-state index contributed by atoms with van der Waals surface area (Å²) < 4.78 is 5.77. The van der Waals surface area contributed by atoms with E-state index in [9.17, 15) is 4.79 Å². The Hall–Kier alpha value is -1.98. The first-order chi connectivity index (χ1) is 12.5. The Morgan fingerprint density at radius 2 is 2.19 bits per heavy atom. The second-order valence-corrected chi connectivity index (χ2v) is 7.55. The average Bonchev–Trinajstić information content (AvgIpc) is 3.03. The molecule has 1 aromatic carbocycles. The largest absolute Gasteiger partial charge is 0.492 e. The molecule has 0 aliphatic heterocycles. The van der Waals surface area contributed by atoms with Crippen molar-refractivity contribution in [2.45, 2.75) is 12.8 Å². The third-order valence-corrected chi connectivity index (χ3v) is 5.15. The van der Waals surface area contributed by atoms with E-state index in [1.54, 1.807) is 0 Å². The Labute approximate surface area is 159 Å². The molecule has 0 saturated carbocycles. The predicted molar refractivity (Wildman–Crippen MR) is 106 cm³/mol. The molecule has 0 bridgehead atoms. The van der Waals surface area contributed by atoms with Crippen molar-refractivity contribution in [1.82, 2.24) is 9.88 Å². The number of allylic oxidation sites excluding steroid dienone is 2. The van der Waals surface area contributed by atoms with Gasteiger partial charge in [-0.2, -0.15) is 0 Å². The van der Waals surface area contributed by atoms with Crippen LogP contribution in [0.4, 0.5) is 0 Å². The van der Waals surface area contributed by atoms with Gasteiger partial charge in [0, 0.05) is 34.9 Å². The molecule has 1 aliphatic carbocycles. The smallest absolute Gasteiger partial charge is 0.182 e. The molecule has 140 valence electrons. The monoisotopic (exact) mass is 375 g/mol. The van der Waals surface area contributed by atoms with Gasteiger partial charge in [0.1, 0.15) is 12.4 Å². The first kappa shape index (κ1) is 18.8. The van der Waals surface area contributed by atoms with Gasteiger partial charge in [-0.3, -0.25) is 4.79 Å². The number of ketones is 1. The minimum absolute atomic E-state index is 0.0995. The summed E-state index contributed by atoms with van der Waals surface area (Å²) in [6.07, 6.45) is 3.33. The first-order valence-corrected chi connectivity index (χ1v) is 9.46. The highest BCUT2D eigenvalue weighted by Gasteiger charge is 2.28. The molecule has 2 unspecified atom stereocenters. The van der Waals surface area contributed by atoms with E-state index >= 15 is 0 Å². The van der Waals surface area contributed by atoms with E-state index in [1.807, 2.05) is 44.4 Å². The number of aromatic nitrogens is 1. The maximum Gasteiger partial charge on any atom is 0.182 e. The summed E-state index contributed by atoms with van der Waals surface area (Å²) in [6, 6.07) is 7.75. The lowest BCUT2D eigenvalue weighted by Crippen LogP contribution is -2.25. The van der Waals surface area contributed by atoms with E-state index in [1.165, 1.54) is 0 Å². The molecule has 26 heavy (non-hydrogen) atoms. The zero-order chi connectivity index (χ0) is 18.7. The number of Topliss-reactive ketones (excluding diaryl/α,β-unsaturated/α-hetero) is 1. The Balaban J connectivity index is 1.74. The molecule has 2 atom stereocenters. The number of nitrogens with two attached hydrogens (primary N) is 1. The fourth-order valence-electron chi connectivity index (χ4n) is 3.38. The number of benzene rings is 1. The van der Waals surface area contributed by atoms with Gasteiger partial charge in [0.15, 0.2) is 5.78 Å². The molecule has 2 aromatic rings. The van der Waals surface area contributed by atoms with Crippen LogP contribution >= 0.6 is 11.6 Å². The number of halogens is 1.